The fourth-order valence-electron chi connectivity index (χ4n) is 1.57. The van der Waals surface area contributed by atoms with Gasteiger partial charge in [0.2, 0.25) is 0 Å². The van der Waals surface area contributed by atoms with Gasteiger partial charge in [-0.2, -0.15) is 0 Å². The predicted molar refractivity (Wildman–Crippen MR) is 54.3 cm³/mol. The van der Waals surface area contributed by atoms with Crippen LogP contribution in [0.2, 0.25) is 0 Å². The van der Waals surface area contributed by atoms with E-state index in [1.165, 1.54) is 0 Å². The molecule has 14 heavy (non-hydrogen) atoms. The van der Waals surface area contributed by atoms with E-state index in [1.54, 1.807) is 7.11 Å². The van der Waals surface area contributed by atoms with Crippen LogP contribution in [-0.4, -0.2) is 19.8 Å². The van der Waals surface area contributed by atoms with Crippen LogP contribution in [0, 0.1) is 0 Å². The molecule has 0 aliphatic carbocycles. The molecule has 76 valence electrons. The van der Waals surface area contributed by atoms with E-state index in [0.717, 1.165) is 17.9 Å². The Morgan fingerprint density at radius 1 is 1.36 bits per heavy atom. The van der Waals surface area contributed by atoms with E-state index in [1.807, 2.05) is 24.3 Å². The molecule has 0 radical (unpaired) electrons. The number of hydrogen-bond donors (Lipinski definition) is 1. The summed E-state index contributed by atoms with van der Waals surface area (Å²) in [6.45, 7) is 2.89. The fraction of sp³-hybridized carbons (Fsp3) is 0.455. The van der Waals surface area contributed by atoms with Crippen LogP contribution in [0.5, 0.6) is 5.75 Å². The summed E-state index contributed by atoms with van der Waals surface area (Å²) < 4.78 is 10.7. The Kier molecular flexibility index (Phi) is 2.70. The second-order valence-electron chi connectivity index (χ2n) is 3.55. The largest absolute Gasteiger partial charge is 0.497 e. The highest BCUT2D eigenvalue weighted by Crippen LogP contribution is 2.22. The molecule has 2 rings (SSSR count). The van der Waals surface area contributed by atoms with Gasteiger partial charge in [0.25, 0.3) is 0 Å². The smallest absolute Gasteiger partial charge is 0.134 e. The topological polar surface area (TPSA) is 30.5 Å². The molecule has 1 fully saturated rings. The fourth-order valence-corrected chi connectivity index (χ4v) is 1.57. The van der Waals surface area contributed by atoms with Crippen LogP contribution in [0.3, 0.4) is 0 Å². The molecule has 0 unspecified atom stereocenters. The first-order chi connectivity index (χ1) is 6.79. The SMILES string of the molecule is COc1ccc([C@H]2N[C@@H](C)CO2)cc1. The van der Waals surface area contributed by atoms with E-state index in [0.29, 0.717) is 6.04 Å². The lowest BCUT2D eigenvalue weighted by Crippen LogP contribution is -2.22. The lowest BCUT2D eigenvalue weighted by molar-refractivity contribution is 0.101. The van der Waals surface area contributed by atoms with Gasteiger partial charge in [0.15, 0.2) is 0 Å². The Bertz CT molecular complexity index is 297. The molecule has 1 aromatic rings. The predicted octanol–water partition coefficient (Wildman–Crippen LogP) is 1.70. The highest BCUT2D eigenvalue weighted by Gasteiger charge is 2.21. The number of methoxy groups -OCH3 is 1. The summed E-state index contributed by atoms with van der Waals surface area (Å²) in [5, 5.41) is 3.34. The maximum absolute atomic E-state index is 5.57. The van der Waals surface area contributed by atoms with Gasteiger partial charge in [0.1, 0.15) is 12.0 Å². The van der Waals surface area contributed by atoms with E-state index in [9.17, 15) is 0 Å². The minimum atomic E-state index is 0.0379. The van der Waals surface area contributed by atoms with Gasteiger partial charge in [-0.15, -0.1) is 0 Å². The van der Waals surface area contributed by atoms with Crippen molar-refractivity contribution >= 4 is 0 Å². The molecule has 3 heteroatoms. The second-order valence-corrected chi connectivity index (χ2v) is 3.55. The summed E-state index contributed by atoms with van der Waals surface area (Å²) >= 11 is 0. The lowest BCUT2D eigenvalue weighted by Gasteiger charge is -2.11. The molecule has 0 aromatic heterocycles. The standard InChI is InChI=1S/C11H15NO2/c1-8-7-14-11(12-8)9-3-5-10(13-2)6-4-9/h3-6,8,11-12H,7H2,1-2H3/t8-,11-/m0/s1. The van der Waals surface area contributed by atoms with E-state index in [-0.39, 0.29) is 6.23 Å². The molecule has 2 atom stereocenters. The third-order valence-corrected chi connectivity index (χ3v) is 2.37. The van der Waals surface area contributed by atoms with Crippen LogP contribution in [0.4, 0.5) is 0 Å². The van der Waals surface area contributed by atoms with Gasteiger partial charge in [-0.1, -0.05) is 12.1 Å². The van der Waals surface area contributed by atoms with Crippen LogP contribution in [0.1, 0.15) is 18.7 Å². The normalized spacial score (nSPS) is 26.4. The third-order valence-electron chi connectivity index (χ3n) is 2.37. The molecular weight excluding hydrogens is 178 g/mol. The first kappa shape index (κ1) is 9.49. The summed E-state index contributed by atoms with van der Waals surface area (Å²) in [5.41, 5.74) is 1.15. The number of benzene rings is 1. The van der Waals surface area contributed by atoms with Crippen molar-refractivity contribution in [1.29, 1.82) is 0 Å². The molecule has 1 aromatic carbocycles. The Morgan fingerprint density at radius 2 is 2.07 bits per heavy atom. The van der Waals surface area contributed by atoms with Crippen LogP contribution in [-0.2, 0) is 4.74 Å². The second kappa shape index (κ2) is 3.98. The molecule has 0 amide bonds. The zero-order valence-corrected chi connectivity index (χ0v) is 8.49. The minimum Gasteiger partial charge on any atom is -0.497 e. The zero-order chi connectivity index (χ0) is 9.97. The van der Waals surface area contributed by atoms with Crippen LogP contribution in [0.15, 0.2) is 24.3 Å². The van der Waals surface area contributed by atoms with Crippen molar-refractivity contribution in [2.75, 3.05) is 13.7 Å². The van der Waals surface area contributed by atoms with Crippen LogP contribution >= 0.6 is 0 Å². The highest BCUT2D eigenvalue weighted by molar-refractivity contribution is 5.28. The van der Waals surface area contributed by atoms with E-state index in [4.69, 9.17) is 9.47 Å². The Hall–Kier alpha value is -1.06. The molecule has 1 saturated heterocycles. The van der Waals surface area contributed by atoms with E-state index < -0.39 is 0 Å². The number of nitrogens with one attached hydrogen (secondary N) is 1. The molecule has 1 N–H and O–H groups in total. The van der Waals surface area contributed by atoms with Crippen molar-refractivity contribution in [3.63, 3.8) is 0 Å². The summed E-state index contributed by atoms with van der Waals surface area (Å²) in [6, 6.07) is 8.37. The molecule has 0 spiro atoms. The zero-order valence-electron chi connectivity index (χ0n) is 8.49. The molecule has 1 aliphatic rings. The number of ether oxygens (including phenoxy) is 2. The van der Waals surface area contributed by atoms with Crippen LogP contribution < -0.4 is 10.1 Å². The molecule has 1 aliphatic heterocycles. The maximum atomic E-state index is 5.57. The van der Waals surface area contributed by atoms with Gasteiger partial charge in [0.05, 0.1) is 13.7 Å². The van der Waals surface area contributed by atoms with Crippen molar-refractivity contribution < 1.29 is 9.47 Å². The van der Waals surface area contributed by atoms with Crippen molar-refractivity contribution in [1.82, 2.24) is 5.32 Å². The summed E-state index contributed by atoms with van der Waals surface area (Å²) in [4.78, 5) is 0. The highest BCUT2D eigenvalue weighted by atomic mass is 16.5. The maximum Gasteiger partial charge on any atom is 0.134 e. The van der Waals surface area contributed by atoms with Gasteiger partial charge < -0.3 is 9.47 Å². The lowest BCUT2D eigenvalue weighted by atomic mass is 10.2. The first-order valence-corrected chi connectivity index (χ1v) is 4.81. The molecule has 0 saturated carbocycles. The van der Waals surface area contributed by atoms with Gasteiger partial charge in [-0.25, -0.2) is 0 Å². The van der Waals surface area contributed by atoms with Gasteiger partial charge in [-0.05, 0) is 24.6 Å². The quantitative estimate of drug-likeness (QED) is 0.775. The summed E-state index contributed by atoms with van der Waals surface area (Å²) in [5.74, 6) is 0.875. The average molecular weight is 193 g/mol. The molecule has 3 nitrogen and oxygen atoms in total. The summed E-state index contributed by atoms with van der Waals surface area (Å²) in [7, 11) is 1.67. The van der Waals surface area contributed by atoms with E-state index in [2.05, 4.69) is 12.2 Å². The van der Waals surface area contributed by atoms with Crippen LogP contribution in [0.25, 0.3) is 0 Å². The van der Waals surface area contributed by atoms with Crippen molar-refractivity contribution in [2.24, 2.45) is 0 Å². The minimum absolute atomic E-state index is 0.0379. The monoisotopic (exact) mass is 193 g/mol. The van der Waals surface area contributed by atoms with Crippen molar-refractivity contribution in [2.45, 2.75) is 19.2 Å². The van der Waals surface area contributed by atoms with Crippen molar-refractivity contribution in [3.05, 3.63) is 29.8 Å². The summed E-state index contributed by atoms with van der Waals surface area (Å²) in [6.07, 6.45) is 0.0379. The van der Waals surface area contributed by atoms with E-state index >= 15 is 0 Å². The molecular formula is C11H15NO2. The average Bonchev–Trinajstić information content (AvgIpc) is 2.65. The van der Waals surface area contributed by atoms with Gasteiger partial charge in [0, 0.05) is 6.04 Å². The molecule has 1 heterocycles. The van der Waals surface area contributed by atoms with Gasteiger partial charge in [-0.3, -0.25) is 5.32 Å². The Labute approximate surface area is 84.0 Å². The number of rotatable bonds is 2. The Balaban J connectivity index is 2.09. The van der Waals surface area contributed by atoms with Crippen molar-refractivity contribution in [3.8, 4) is 5.75 Å². The Morgan fingerprint density at radius 3 is 2.57 bits per heavy atom. The number of hydrogen-bond acceptors (Lipinski definition) is 3. The van der Waals surface area contributed by atoms with Gasteiger partial charge >= 0.3 is 0 Å². The first-order valence-electron chi connectivity index (χ1n) is 4.81. The molecule has 0 bridgehead atoms. The third kappa shape index (κ3) is 1.89.